The molecule has 0 aliphatic rings. The Morgan fingerprint density at radius 1 is 1.10 bits per heavy atom. The molecule has 3 aromatic rings. The Balaban J connectivity index is 2.10. The predicted octanol–water partition coefficient (Wildman–Crippen LogP) is 2.51. The molecule has 0 amide bonds. The lowest BCUT2D eigenvalue weighted by atomic mass is 10.2. The molecular weight excluding hydrogens is 264 g/mol. The zero-order chi connectivity index (χ0) is 14.1. The topological polar surface area (TPSA) is 117 Å². The molecule has 2 aromatic carbocycles. The largest absolute Gasteiger partial charge is 0.453 e. The van der Waals surface area contributed by atoms with Crippen LogP contribution in [0.3, 0.4) is 0 Å². The van der Waals surface area contributed by atoms with E-state index in [1.807, 2.05) is 0 Å². The molecule has 0 atom stereocenters. The molecule has 0 unspecified atom stereocenters. The zero-order valence-corrected chi connectivity index (χ0v) is 10.0. The SMILES string of the molecule is Nc1ccccc1Oc1ccc([N+](=O)[O-])c2nonc12. The molecule has 0 bridgehead atoms. The summed E-state index contributed by atoms with van der Waals surface area (Å²) in [5, 5.41) is 18.0. The minimum absolute atomic E-state index is 0.0296. The molecule has 0 spiro atoms. The first-order valence-corrected chi connectivity index (χ1v) is 5.59. The van der Waals surface area contributed by atoms with Crippen molar-refractivity contribution >= 4 is 22.4 Å². The summed E-state index contributed by atoms with van der Waals surface area (Å²) in [5.41, 5.74) is 6.21. The molecule has 1 aromatic heterocycles. The normalized spacial score (nSPS) is 10.6. The van der Waals surface area contributed by atoms with Crippen molar-refractivity contribution in [2.24, 2.45) is 0 Å². The number of hydrogen-bond acceptors (Lipinski definition) is 7. The van der Waals surface area contributed by atoms with E-state index >= 15 is 0 Å². The summed E-state index contributed by atoms with van der Waals surface area (Å²) in [6, 6.07) is 9.59. The highest BCUT2D eigenvalue weighted by Crippen LogP contribution is 2.34. The van der Waals surface area contributed by atoms with Crippen LogP contribution in [0.1, 0.15) is 0 Å². The van der Waals surface area contributed by atoms with E-state index in [1.54, 1.807) is 24.3 Å². The van der Waals surface area contributed by atoms with E-state index in [2.05, 4.69) is 14.9 Å². The molecule has 1 heterocycles. The number of para-hydroxylation sites is 2. The van der Waals surface area contributed by atoms with Gasteiger partial charge in [-0.25, -0.2) is 4.63 Å². The maximum atomic E-state index is 10.9. The molecule has 0 saturated heterocycles. The number of benzene rings is 2. The van der Waals surface area contributed by atoms with E-state index < -0.39 is 4.92 Å². The Hall–Kier alpha value is -3.16. The van der Waals surface area contributed by atoms with Crippen molar-refractivity contribution < 1.29 is 14.3 Å². The smallest absolute Gasteiger partial charge is 0.301 e. The van der Waals surface area contributed by atoms with Gasteiger partial charge < -0.3 is 10.5 Å². The Labute approximate surface area is 111 Å². The van der Waals surface area contributed by atoms with Crippen molar-refractivity contribution in [1.82, 2.24) is 10.3 Å². The highest BCUT2D eigenvalue weighted by atomic mass is 16.6. The zero-order valence-electron chi connectivity index (χ0n) is 10.0. The van der Waals surface area contributed by atoms with E-state index in [9.17, 15) is 10.1 Å². The molecule has 0 aliphatic heterocycles. The summed E-state index contributed by atoms with van der Waals surface area (Å²) in [6.45, 7) is 0. The molecule has 3 rings (SSSR count). The van der Waals surface area contributed by atoms with Gasteiger partial charge in [-0.1, -0.05) is 12.1 Å². The van der Waals surface area contributed by atoms with Crippen molar-refractivity contribution in [3.05, 3.63) is 46.5 Å². The van der Waals surface area contributed by atoms with Crippen LogP contribution in [0.2, 0.25) is 0 Å². The van der Waals surface area contributed by atoms with Crippen molar-refractivity contribution in [3.8, 4) is 11.5 Å². The van der Waals surface area contributed by atoms with Crippen LogP contribution in [-0.4, -0.2) is 15.2 Å². The maximum absolute atomic E-state index is 10.9. The van der Waals surface area contributed by atoms with Crippen molar-refractivity contribution in [2.75, 3.05) is 5.73 Å². The Kier molecular flexibility index (Phi) is 2.68. The number of anilines is 1. The van der Waals surface area contributed by atoms with Gasteiger partial charge in [0.05, 0.1) is 10.6 Å². The molecular formula is C12H8N4O4. The van der Waals surface area contributed by atoms with Crippen molar-refractivity contribution in [2.45, 2.75) is 0 Å². The van der Waals surface area contributed by atoms with Gasteiger partial charge >= 0.3 is 5.69 Å². The number of rotatable bonds is 3. The summed E-state index contributed by atoms with van der Waals surface area (Å²) in [6.07, 6.45) is 0. The van der Waals surface area contributed by atoms with E-state index in [1.165, 1.54) is 12.1 Å². The van der Waals surface area contributed by atoms with Crippen LogP contribution in [0.15, 0.2) is 41.0 Å². The maximum Gasteiger partial charge on any atom is 0.301 e. The van der Waals surface area contributed by atoms with Crippen LogP contribution in [-0.2, 0) is 0 Å². The second-order valence-electron chi connectivity index (χ2n) is 3.94. The summed E-state index contributed by atoms with van der Waals surface area (Å²) in [5.74, 6) is 0.704. The fraction of sp³-hybridized carbons (Fsp3) is 0. The average Bonchev–Trinajstić information content (AvgIpc) is 2.90. The third-order valence-electron chi connectivity index (χ3n) is 2.69. The summed E-state index contributed by atoms with van der Waals surface area (Å²) in [4.78, 5) is 10.3. The van der Waals surface area contributed by atoms with Crippen LogP contribution in [0, 0.1) is 10.1 Å². The monoisotopic (exact) mass is 272 g/mol. The molecule has 100 valence electrons. The number of ether oxygens (including phenoxy) is 1. The lowest BCUT2D eigenvalue weighted by Gasteiger charge is -2.07. The van der Waals surface area contributed by atoms with E-state index in [0.717, 1.165) is 0 Å². The van der Waals surface area contributed by atoms with Crippen molar-refractivity contribution in [3.63, 3.8) is 0 Å². The molecule has 0 saturated carbocycles. The fourth-order valence-electron chi connectivity index (χ4n) is 1.75. The number of hydrogen-bond donors (Lipinski definition) is 1. The number of non-ortho nitro benzene ring substituents is 1. The van der Waals surface area contributed by atoms with Gasteiger partial charge in [0.25, 0.3) is 0 Å². The molecule has 2 N–H and O–H groups in total. The fourth-order valence-corrected chi connectivity index (χ4v) is 1.75. The molecule has 0 fully saturated rings. The highest BCUT2D eigenvalue weighted by molar-refractivity contribution is 5.88. The van der Waals surface area contributed by atoms with Crippen LogP contribution in [0.5, 0.6) is 11.5 Å². The first-order chi connectivity index (χ1) is 9.66. The minimum Gasteiger partial charge on any atom is -0.453 e. The van der Waals surface area contributed by atoms with Gasteiger partial charge in [-0.2, -0.15) is 0 Å². The first-order valence-electron chi connectivity index (χ1n) is 5.59. The van der Waals surface area contributed by atoms with Gasteiger partial charge in [0.2, 0.25) is 5.52 Å². The van der Waals surface area contributed by atoms with Gasteiger partial charge in [-0.05, 0) is 28.5 Å². The lowest BCUT2D eigenvalue weighted by Crippen LogP contribution is -1.94. The number of aromatic nitrogens is 2. The van der Waals surface area contributed by atoms with Crippen LogP contribution in [0.4, 0.5) is 11.4 Å². The lowest BCUT2D eigenvalue weighted by molar-refractivity contribution is -0.383. The van der Waals surface area contributed by atoms with E-state index in [0.29, 0.717) is 11.4 Å². The van der Waals surface area contributed by atoms with Gasteiger partial charge in [0.1, 0.15) is 5.75 Å². The van der Waals surface area contributed by atoms with E-state index in [4.69, 9.17) is 10.5 Å². The average molecular weight is 272 g/mol. The highest BCUT2D eigenvalue weighted by Gasteiger charge is 2.20. The summed E-state index contributed by atoms with van der Waals surface area (Å²) in [7, 11) is 0. The summed E-state index contributed by atoms with van der Waals surface area (Å²) < 4.78 is 10.2. The molecule has 20 heavy (non-hydrogen) atoms. The Bertz CT molecular complexity index is 799. The molecule has 8 nitrogen and oxygen atoms in total. The molecule has 8 heteroatoms. The first kappa shape index (κ1) is 11.9. The van der Waals surface area contributed by atoms with Gasteiger partial charge in [0.15, 0.2) is 11.3 Å². The number of nitrogens with zero attached hydrogens (tertiary/aromatic N) is 3. The number of nitro benzene ring substituents is 1. The number of fused-ring (bicyclic) bond motifs is 1. The minimum atomic E-state index is -0.562. The van der Waals surface area contributed by atoms with E-state index in [-0.39, 0.29) is 22.5 Å². The third kappa shape index (κ3) is 1.88. The summed E-state index contributed by atoms with van der Waals surface area (Å²) >= 11 is 0. The van der Waals surface area contributed by atoms with Gasteiger partial charge in [-0.15, -0.1) is 0 Å². The standard InChI is InChI=1S/C12H8N4O4/c13-7-3-1-2-4-9(7)19-10-6-5-8(16(17)18)11-12(10)15-20-14-11/h1-6H,13H2. The Morgan fingerprint density at radius 2 is 1.85 bits per heavy atom. The van der Waals surface area contributed by atoms with Crippen LogP contribution in [0.25, 0.3) is 11.0 Å². The number of nitrogens with two attached hydrogens (primary N) is 1. The third-order valence-corrected chi connectivity index (χ3v) is 2.69. The van der Waals surface area contributed by atoms with Gasteiger partial charge in [0, 0.05) is 6.07 Å². The second-order valence-corrected chi connectivity index (χ2v) is 3.94. The van der Waals surface area contributed by atoms with Crippen LogP contribution < -0.4 is 10.5 Å². The second kappa shape index (κ2) is 4.50. The Morgan fingerprint density at radius 3 is 2.60 bits per heavy atom. The number of nitrogen functional groups attached to an aromatic ring is 1. The molecule has 0 aliphatic carbocycles. The quantitative estimate of drug-likeness (QED) is 0.442. The van der Waals surface area contributed by atoms with Crippen LogP contribution >= 0.6 is 0 Å². The predicted molar refractivity (Wildman–Crippen MR) is 69.4 cm³/mol. The number of nitro groups is 1. The molecule has 0 radical (unpaired) electrons. The van der Waals surface area contributed by atoms with Crippen molar-refractivity contribution in [1.29, 1.82) is 0 Å². The van der Waals surface area contributed by atoms with Gasteiger partial charge in [-0.3, -0.25) is 10.1 Å².